The van der Waals surface area contributed by atoms with Gasteiger partial charge in [0.2, 0.25) is 0 Å². The van der Waals surface area contributed by atoms with Gasteiger partial charge in [-0.05, 0) is 51.0 Å². The Morgan fingerprint density at radius 1 is 1.53 bits per heavy atom. The summed E-state index contributed by atoms with van der Waals surface area (Å²) in [7, 11) is 0. The quantitative estimate of drug-likeness (QED) is 0.205. The van der Waals surface area contributed by atoms with Crippen LogP contribution in [0.25, 0.3) is 10.4 Å². The van der Waals surface area contributed by atoms with Crippen molar-refractivity contribution in [1.82, 2.24) is 0 Å². The van der Waals surface area contributed by atoms with Crippen LogP contribution in [0.15, 0.2) is 17.8 Å². The maximum absolute atomic E-state index is 8.57. The molecule has 4 nitrogen and oxygen atoms in total. The highest BCUT2D eigenvalue weighted by Gasteiger charge is 2.47. The second-order valence-electron chi connectivity index (χ2n) is 5.40. The van der Waals surface area contributed by atoms with Crippen molar-refractivity contribution >= 4 is 0 Å². The van der Waals surface area contributed by atoms with Crippen LogP contribution in [0.1, 0.15) is 46.5 Å². The topological polar surface area (TPSA) is 61.3 Å². The molecular weight excluding hydrogens is 214 g/mol. The van der Waals surface area contributed by atoms with Crippen LogP contribution in [0.3, 0.4) is 0 Å². The number of hydrogen-bond acceptors (Lipinski definition) is 2. The van der Waals surface area contributed by atoms with Crippen molar-refractivity contribution in [3.63, 3.8) is 0 Å². The summed E-state index contributed by atoms with van der Waals surface area (Å²) >= 11 is 0. The van der Waals surface area contributed by atoms with Gasteiger partial charge < -0.3 is 4.74 Å². The van der Waals surface area contributed by atoms with Gasteiger partial charge in [0, 0.05) is 11.0 Å². The molecule has 0 aliphatic carbocycles. The Hall–Kier alpha value is -0.990. The van der Waals surface area contributed by atoms with E-state index < -0.39 is 0 Å². The third-order valence-corrected chi connectivity index (χ3v) is 3.57. The van der Waals surface area contributed by atoms with Gasteiger partial charge in [0.05, 0.1) is 11.7 Å². The van der Waals surface area contributed by atoms with E-state index in [9.17, 15) is 0 Å². The van der Waals surface area contributed by atoms with Crippen LogP contribution >= 0.6 is 0 Å². The molecule has 1 aliphatic rings. The van der Waals surface area contributed by atoms with Gasteiger partial charge in [-0.1, -0.05) is 18.1 Å². The number of nitrogens with zero attached hydrogens (tertiary/aromatic N) is 3. The van der Waals surface area contributed by atoms with E-state index in [0.29, 0.717) is 12.0 Å². The summed E-state index contributed by atoms with van der Waals surface area (Å²) in [4.78, 5) is 2.94. The fourth-order valence-electron chi connectivity index (χ4n) is 2.16. The summed E-state index contributed by atoms with van der Waals surface area (Å²) in [6.07, 6.45) is 6.16. The molecule has 1 rings (SSSR count). The summed E-state index contributed by atoms with van der Waals surface area (Å²) < 4.78 is 5.56. The predicted molar refractivity (Wildman–Crippen MR) is 69.7 cm³/mol. The Bertz CT molecular complexity index is 308. The van der Waals surface area contributed by atoms with Crippen molar-refractivity contribution in [2.45, 2.75) is 64.2 Å². The second-order valence-corrected chi connectivity index (χ2v) is 5.40. The molecule has 0 spiro atoms. The lowest BCUT2D eigenvalue weighted by Gasteiger charge is -2.18. The Balaban J connectivity index is 2.34. The summed E-state index contributed by atoms with van der Waals surface area (Å²) in [5.74, 6) is 0.408. The maximum atomic E-state index is 8.57. The average molecular weight is 237 g/mol. The first kappa shape index (κ1) is 14.1. The van der Waals surface area contributed by atoms with Gasteiger partial charge in [-0.15, -0.1) is 6.58 Å². The van der Waals surface area contributed by atoms with Gasteiger partial charge in [-0.25, -0.2) is 0 Å². The normalized spacial score (nSPS) is 24.5. The van der Waals surface area contributed by atoms with Crippen molar-refractivity contribution in [2.24, 2.45) is 11.0 Å². The third-order valence-electron chi connectivity index (χ3n) is 3.57. The van der Waals surface area contributed by atoms with E-state index in [2.05, 4.69) is 37.4 Å². The standard InChI is InChI=1S/C13H23N3O/c1-5-6-7-11(15-16-14)10(2)8-9-12-13(3,4)17-12/h5,10-12H,1,6-9H2,2-4H3/t10-,11+,12?/m1/s1. The largest absolute Gasteiger partial charge is 0.367 e. The van der Waals surface area contributed by atoms with Crippen molar-refractivity contribution in [3.8, 4) is 0 Å². The van der Waals surface area contributed by atoms with Crippen molar-refractivity contribution in [2.75, 3.05) is 0 Å². The number of epoxide rings is 1. The molecule has 96 valence electrons. The van der Waals surface area contributed by atoms with Crippen LogP contribution in [-0.2, 0) is 4.74 Å². The number of hydrogen-bond donors (Lipinski definition) is 0. The fourth-order valence-corrected chi connectivity index (χ4v) is 2.16. The van der Waals surface area contributed by atoms with Crippen LogP contribution in [-0.4, -0.2) is 17.7 Å². The monoisotopic (exact) mass is 237 g/mol. The molecule has 0 saturated carbocycles. The average Bonchev–Trinajstić information content (AvgIpc) is 2.89. The number of azide groups is 1. The lowest BCUT2D eigenvalue weighted by atomic mass is 9.91. The highest BCUT2D eigenvalue weighted by atomic mass is 16.6. The molecule has 0 aromatic heterocycles. The van der Waals surface area contributed by atoms with E-state index in [4.69, 9.17) is 10.3 Å². The molecule has 1 unspecified atom stereocenters. The predicted octanol–water partition coefficient (Wildman–Crippen LogP) is 4.23. The first-order chi connectivity index (χ1) is 8.01. The molecule has 0 N–H and O–H groups in total. The molecule has 1 saturated heterocycles. The summed E-state index contributed by atoms with van der Waals surface area (Å²) in [6.45, 7) is 10.1. The van der Waals surface area contributed by atoms with E-state index in [-0.39, 0.29) is 11.6 Å². The first-order valence-electron chi connectivity index (χ1n) is 6.34. The van der Waals surface area contributed by atoms with Gasteiger partial charge in [0.1, 0.15) is 0 Å². The highest BCUT2D eigenvalue weighted by molar-refractivity contribution is 4.95. The SMILES string of the molecule is C=CCC[C@H](N=[N+]=[N-])[C@H](C)CCC1OC1(C)C. The van der Waals surface area contributed by atoms with Crippen LogP contribution in [0.5, 0.6) is 0 Å². The fraction of sp³-hybridized carbons (Fsp3) is 0.846. The summed E-state index contributed by atoms with van der Waals surface area (Å²) in [5.41, 5.74) is 8.63. The van der Waals surface area contributed by atoms with Crippen LogP contribution in [0, 0.1) is 5.92 Å². The molecule has 1 fully saturated rings. The zero-order valence-corrected chi connectivity index (χ0v) is 11.1. The minimum atomic E-state index is 0.0643. The molecule has 1 heterocycles. The maximum Gasteiger partial charge on any atom is 0.0892 e. The first-order valence-corrected chi connectivity index (χ1v) is 6.34. The van der Waals surface area contributed by atoms with Crippen molar-refractivity contribution in [3.05, 3.63) is 23.1 Å². The molecule has 3 atom stereocenters. The molecule has 0 bridgehead atoms. The van der Waals surface area contributed by atoms with E-state index >= 15 is 0 Å². The molecule has 0 aromatic carbocycles. The van der Waals surface area contributed by atoms with Crippen LogP contribution < -0.4 is 0 Å². The summed E-state index contributed by atoms with van der Waals surface area (Å²) in [5, 5.41) is 3.89. The van der Waals surface area contributed by atoms with E-state index in [0.717, 1.165) is 25.7 Å². The van der Waals surface area contributed by atoms with Crippen molar-refractivity contribution < 1.29 is 4.74 Å². The minimum Gasteiger partial charge on any atom is -0.367 e. The smallest absolute Gasteiger partial charge is 0.0892 e. The Kier molecular flexibility index (Phi) is 5.03. The van der Waals surface area contributed by atoms with Gasteiger partial charge >= 0.3 is 0 Å². The second kappa shape index (κ2) is 6.08. The third kappa shape index (κ3) is 4.41. The van der Waals surface area contributed by atoms with Gasteiger partial charge in [-0.2, -0.15) is 0 Å². The van der Waals surface area contributed by atoms with Crippen LogP contribution in [0.2, 0.25) is 0 Å². The summed E-state index contributed by atoms with van der Waals surface area (Å²) in [6, 6.07) is 0.0832. The van der Waals surface area contributed by atoms with Gasteiger partial charge in [-0.3, -0.25) is 0 Å². The van der Waals surface area contributed by atoms with E-state index in [1.807, 2.05) is 6.08 Å². The number of allylic oxidation sites excluding steroid dienone is 1. The molecule has 4 heteroatoms. The zero-order valence-electron chi connectivity index (χ0n) is 11.1. The molecule has 17 heavy (non-hydrogen) atoms. The lowest BCUT2D eigenvalue weighted by molar-refractivity contribution is 0.308. The lowest BCUT2D eigenvalue weighted by Crippen LogP contribution is -2.16. The van der Waals surface area contributed by atoms with Crippen LogP contribution in [0.4, 0.5) is 0 Å². The van der Waals surface area contributed by atoms with Gasteiger partial charge in [0.15, 0.2) is 0 Å². The molecule has 0 radical (unpaired) electrons. The van der Waals surface area contributed by atoms with E-state index in [1.54, 1.807) is 0 Å². The number of ether oxygens (including phenoxy) is 1. The minimum absolute atomic E-state index is 0.0643. The molecule has 0 amide bonds. The molecular formula is C13H23N3O. The Morgan fingerprint density at radius 3 is 2.65 bits per heavy atom. The zero-order chi connectivity index (χ0) is 12.9. The Labute approximate surface area is 104 Å². The van der Waals surface area contributed by atoms with Gasteiger partial charge in [0.25, 0.3) is 0 Å². The number of rotatable bonds is 8. The molecule has 0 aromatic rings. The van der Waals surface area contributed by atoms with E-state index in [1.165, 1.54) is 0 Å². The highest BCUT2D eigenvalue weighted by Crippen LogP contribution is 2.39. The Morgan fingerprint density at radius 2 is 2.18 bits per heavy atom. The van der Waals surface area contributed by atoms with Crippen molar-refractivity contribution in [1.29, 1.82) is 0 Å². The molecule has 1 aliphatic heterocycles.